The molecule has 3 aliphatic carbocycles. The van der Waals surface area contributed by atoms with Crippen molar-refractivity contribution in [2.45, 2.75) is 75.0 Å². The number of Topliss-reactive ketones (excluding diaryl/α,β-unsaturated/α-hetero) is 1. The van der Waals surface area contributed by atoms with Crippen molar-refractivity contribution in [2.24, 2.45) is 10.9 Å². The number of amides is 1. The van der Waals surface area contributed by atoms with Gasteiger partial charge in [-0.2, -0.15) is 4.99 Å². The Labute approximate surface area is 345 Å². The van der Waals surface area contributed by atoms with E-state index >= 15 is 0 Å². The van der Waals surface area contributed by atoms with Crippen LogP contribution in [0.1, 0.15) is 73.7 Å². The van der Waals surface area contributed by atoms with Crippen LogP contribution >= 0.6 is 0 Å². The SMILES string of the molecule is COc1cc2c3c(c4c(O)c2c2c1C=C[C@H](C1=C5[CH+]C=CC=C5N=C1)OC[C@@H]1O[C@H](O2)[C@H](O)[C@@H](OC#CCc2cccc5c2CN(CC4=O)C5=O)[C@@H]1O)[C@H]1CCC[C@@H]1C=C3. The number of benzene rings is 3. The Morgan fingerprint density at radius 3 is 2.83 bits per heavy atom. The molecule has 8 aliphatic rings. The van der Waals surface area contributed by atoms with Crippen molar-refractivity contribution in [1.82, 2.24) is 4.90 Å². The van der Waals surface area contributed by atoms with Gasteiger partial charge in [-0.15, -0.1) is 0 Å². The number of carbonyl (C=O) groups is 2. The van der Waals surface area contributed by atoms with Gasteiger partial charge >= 0.3 is 0 Å². The Bertz CT molecular complexity index is 2660. The molecule has 8 bridgehead atoms. The van der Waals surface area contributed by atoms with Crippen LogP contribution in [0.25, 0.3) is 22.9 Å². The number of aliphatic hydroxyl groups is 2. The third kappa shape index (κ3) is 5.68. The van der Waals surface area contributed by atoms with E-state index in [0.29, 0.717) is 22.3 Å². The molecule has 3 aromatic carbocycles. The van der Waals surface area contributed by atoms with E-state index in [4.69, 9.17) is 23.7 Å². The zero-order valence-electron chi connectivity index (χ0n) is 32.7. The fourth-order valence-corrected chi connectivity index (χ4v) is 10.3. The topological polar surface area (TPSA) is 157 Å². The number of hydrogen-bond acceptors (Lipinski definition) is 11. The van der Waals surface area contributed by atoms with Crippen molar-refractivity contribution in [3.63, 3.8) is 0 Å². The van der Waals surface area contributed by atoms with Gasteiger partial charge in [-0.25, -0.2) is 0 Å². The van der Waals surface area contributed by atoms with Gasteiger partial charge in [-0.3, -0.25) is 9.59 Å². The minimum absolute atomic E-state index is 0.0349. The molecule has 11 rings (SSSR count). The summed E-state index contributed by atoms with van der Waals surface area (Å²) in [5, 5.41) is 37.3. The lowest BCUT2D eigenvalue weighted by Gasteiger charge is -2.41. The number of fused-ring (bicyclic) bond motifs is 10. The molecule has 12 heteroatoms. The summed E-state index contributed by atoms with van der Waals surface area (Å²) < 4.78 is 31.8. The highest BCUT2D eigenvalue weighted by Crippen LogP contribution is 2.54. The molecule has 60 heavy (non-hydrogen) atoms. The van der Waals surface area contributed by atoms with Crippen LogP contribution in [-0.2, 0) is 27.2 Å². The Balaban J connectivity index is 1.17. The highest BCUT2D eigenvalue weighted by molar-refractivity contribution is 6.14. The number of carbonyl (C=O) groups excluding carboxylic acids is 2. The molecule has 302 valence electrons. The van der Waals surface area contributed by atoms with Crippen LogP contribution < -0.4 is 9.47 Å². The first-order chi connectivity index (χ1) is 29.3. The number of rotatable bonds is 2. The van der Waals surface area contributed by atoms with Crippen molar-refractivity contribution >= 4 is 40.8 Å². The smallest absolute Gasteiger partial charge is 0.254 e. The Kier molecular flexibility index (Phi) is 8.79. The molecule has 0 unspecified atom stereocenters. The molecular weight excluding hydrogens is 765 g/mol. The summed E-state index contributed by atoms with van der Waals surface area (Å²) in [6.45, 7) is -0.216. The molecule has 1 saturated carbocycles. The van der Waals surface area contributed by atoms with Crippen LogP contribution in [0, 0.1) is 24.4 Å². The predicted octanol–water partition coefficient (Wildman–Crippen LogP) is 5.48. The molecule has 0 aromatic heterocycles. The molecule has 2 fully saturated rings. The fraction of sp³-hybridized carbons (Fsp3) is 0.333. The highest BCUT2D eigenvalue weighted by Gasteiger charge is 2.49. The van der Waals surface area contributed by atoms with Gasteiger partial charge in [0.05, 0.1) is 48.6 Å². The molecule has 12 nitrogen and oxygen atoms in total. The van der Waals surface area contributed by atoms with Crippen molar-refractivity contribution in [3.8, 4) is 29.3 Å². The number of ketones is 1. The molecule has 0 radical (unpaired) electrons. The fourth-order valence-electron chi connectivity index (χ4n) is 10.3. The first-order valence-corrected chi connectivity index (χ1v) is 20.5. The van der Waals surface area contributed by atoms with Crippen molar-refractivity contribution in [3.05, 3.63) is 117 Å². The van der Waals surface area contributed by atoms with E-state index in [1.54, 1.807) is 24.4 Å². The summed E-state index contributed by atoms with van der Waals surface area (Å²) in [5.74, 6) is 2.62. The Hall–Kier alpha value is -6.10. The molecule has 5 aliphatic heterocycles. The van der Waals surface area contributed by atoms with Crippen LogP contribution in [0.4, 0.5) is 0 Å². The Morgan fingerprint density at radius 2 is 1.95 bits per heavy atom. The number of methoxy groups -OCH3 is 1. The van der Waals surface area contributed by atoms with E-state index in [-0.39, 0.29) is 66.3 Å². The first-order valence-electron chi connectivity index (χ1n) is 20.5. The van der Waals surface area contributed by atoms with Crippen molar-refractivity contribution in [2.75, 3.05) is 20.3 Å². The molecule has 5 heterocycles. The molecule has 3 aromatic rings. The largest absolute Gasteiger partial charge is 0.506 e. The van der Waals surface area contributed by atoms with Crippen LogP contribution in [0.15, 0.2) is 76.5 Å². The minimum Gasteiger partial charge on any atom is -0.506 e. The second-order valence-electron chi connectivity index (χ2n) is 16.4. The highest BCUT2D eigenvalue weighted by atomic mass is 16.7. The van der Waals surface area contributed by atoms with Crippen molar-refractivity contribution < 1.29 is 48.6 Å². The lowest BCUT2D eigenvalue weighted by atomic mass is 9.75. The van der Waals surface area contributed by atoms with Gasteiger partial charge in [0, 0.05) is 48.6 Å². The lowest BCUT2D eigenvalue weighted by Crippen LogP contribution is -2.61. The van der Waals surface area contributed by atoms with E-state index < -0.39 is 42.6 Å². The minimum atomic E-state index is -1.59. The standard InChI is InChI=1S/C48H40N2O10/c1-56-37-19-31-28-15-14-25-8-4-11-26(25)39(28)41-35(51)22-50-21-33-24(7-5-12-29(33)47(50)55)9-6-18-57-46-42(52)38-23-58-36(32-20-49-34-13-3-2-10-27(32)34)17-16-30(37)45(40(31)43(41)53)60-48(59-38)44(46)54/h2-3,5,7,10,12-17,19-20,25-26,36,38,42,44,46,48,52,54H,4,8-9,11,21-23H2,1H3/p+1/t25-,26+,36-,38+,42-,44-,46+,48-/m1/s1. The second kappa shape index (κ2) is 14.3. The van der Waals surface area contributed by atoms with Gasteiger partial charge in [0.25, 0.3) is 5.91 Å². The third-order valence-electron chi connectivity index (χ3n) is 13.2. The van der Waals surface area contributed by atoms with Crippen LogP contribution in [0.2, 0.25) is 0 Å². The number of aliphatic imine (C=N–C) groups is 1. The summed E-state index contributed by atoms with van der Waals surface area (Å²) in [5.41, 5.74) is 6.45. The molecule has 1 saturated heterocycles. The summed E-state index contributed by atoms with van der Waals surface area (Å²) in [4.78, 5) is 35.0. The zero-order valence-corrected chi connectivity index (χ0v) is 32.7. The average molecular weight is 806 g/mol. The van der Waals surface area contributed by atoms with E-state index in [9.17, 15) is 24.9 Å². The number of aromatic hydroxyl groups is 1. The maximum atomic E-state index is 15.0. The Morgan fingerprint density at radius 1 is 1.07 bits per heavy atom. The number of aliphatic hydroxyl groups excluding tert-OH is 2. The normalized spacial score (nSPS) is 29.6. The van der Waals surface area contributed by atoms with Gasteiger partial charge in [0.1, 0.15) is 47.2 Å². The van der Waals surface area contributed by atoms with Gasteiger partial charge < -0.3 is 43.9 Å². The van der Waals surface area contributed by atoms with Gasteiger partial charge in [-0.1, -0.05) is 36.6 Å². The predicted molar refractivity (Wildman–Crippen MR) is 220 cm³/mol. The number of phenolic OH excluding ortho intramolecular Hbond substituents is 1. The van der Waals surface area contributed by atoms with Crippen LogP contribution in [-0.4, -0.2) is 95.2 Å². The monoisotopic (exact) mass is 805 g/mol. The number of ether oxygens (including phenoxy) is 5. The van der Waals surface area contributed by atoms with Crippen LogP contribution in [0.3, 0.4) is 0 Å². The van der Waals surface area contributed by atoms with Gasteiger partial charge in [0.2, 0.25) is 6.29 Å². The van der Waals surface area contributed by atoms with Crippen LogP contribution in [0.5, 0.6) is 17.2 Å². The molecule has 3 N–H and O–H groups in total. The summed E-state index contributed by atoms with van der Waals surface area (Å²) in [6.07, 6.45) is 15.3. The molecule has 0 spiro atoms. The van der Waals surface area contributed by atoms with E-state index in [0.717, 1.165) is 58.4 Å². The van der Waals surface area contributed by atoms with E-state index in [1.807, 2.05) is 48.9 Å². The number of allylic oxidation sites excluding steroid dienone is 5. The molecular formula is C48H41N2O10+. The maximum Gasteiger partial charge on any atom is 0.254 e. The summed E-state index contributed by atoms with van der Waals surface area (Å²) >= 11 is 0. The van der Waals surface area contributed by atoms with Crippen molar-refractivity contribution in [1.29, 1.82) is 0 Å². The zero-order chi connectivity index (χ0) is 40.8. The average Bonchev–Trinajstić information content (AvgIpc) is 3.99. The number of hydrogen-bond donors (Lipinski definition) is 3. The maximum absolute atomic E-state index is 15.0. The second-order valence-corrected chi connectivity index (χ2v) is 16.4. The first kappa shape index (κ1) is 36.9. The molecule has 1 amide bonds. The number of phenols is 1. The lowest BCUT2D eigenvalue weighted by molar-refractivity contribution is -0.279. The van der Waals surface area contributed by atoms with E-state index in [1.165, 1.54) is 12.0 Å². The third-order valence-corrected chi connectivity index (χ3v) is 13.2. The summed E-state index contributed by atoms with van der Waals surface area (Å²) in [6, 6.07) is 7.24. The van der Waals surface area contributed by atoms with Gasteiger partial charge in [0.15, 0.2) is 23.7 Å². The summed E-state index contributed by atoms with van der Waals surface area (Å²) in [7, 11) is 1.54. The molecule has 8 atom stereocenters. The quantitative estimate of drug-likeness (QED) is 0.224. The van der Waals surface area contributed by atoms with Gasteiger partial charge in [-0.05, 0) is 71.2 Å². The van der Waals surface area contributed by atoms with E-state index in [2.05, 4.69) is 23.1 Å². The number of nitrogens with zero attached hydrogens (tertiary/aromatic N) is 2.